The van der Waals surface area contributed by atoms with E-state index >= 15 is 0 Å². The minimum absolute atomic E-state index is 0.0127. The molecule has 3 amide bonds. The number of rotatable bonds is 11. The van der Waals surface area contributed by atoms with Crippen LogP contribution in [0.4, 0.5) is 0 Å². The van der Waals surface area contributed by atoms with Crippen molar-refractivity contribution in [3.05, 3.63) is 47.2 Å². The number of amides is 3. The minimum Gasteiger partial charge on any atom is -0.497 e. The van der Waals surface area contributed by atoms with Crippen LogP contribution in [-0.2, 0) is 23.9 Å². The summed E-state index contributed by atoms with van der Waals surface area (Å²) in [6, 6.07) is 5.59. The van der Waals surface area contributed by atoms with Crippen LogP contribution in [-0.4, -0.2) is 49.5 Å². The molecule has 1 aromatic rings. The van der Waals surface area contributed by atoms with Gasteiger partial charge >= 0.3 is 5.97 Å². The number of ether oxygens (including phenoxy) is 2. The fourth-order valence-corrected chi connectivity index (χ4v) is 3.36. The molecule has 0 radical (unpaired) electrons. The van der Waals surface area contributed by atoms with E-state index in [-0.39, 0.29) is 18.2 Å². The molecule has 0 unspecified atom stereocenters. The number of methoxy groups -OCH3 is 1. The van der Waals surface area contributed by atoms with Gasteiger partial charge in [0.2, 0.25) is 11.8 Å². The Kier molecular flexibility index (Phi) is 12.1. The molecule has 0 aromatic heterocycles. The van der Waals surface area contributed by atoms with E-state index in [2.05, 4.69) is 16.0 Å². The molecule has 9 nitrogen and oxygen atoms in total. The SMILES string of the molecule is CCOC(=O)/C(C)=C/[C@@H](NC(=O)[C@@H](NC(=O)/C(=C/c1cccc(OC)c1)NC(C)=O)C(C)(C)C)C(C)C. The van der Waals surface area contributed by atoms with Crippen molar-refractivity contribution in [1.82, 2.24) is 16.0 Å². The van der Waals surface area contributed by atoms with Crippen LogP contribution in [0.5, 0.6) is 5.75 Å². The molecule has 0 saturated carbocycles. The highest BCUT2D eigenvalue weighted by atomic mass is 16.5. The van der Waals surface area contributed by atoms with Crippen LogP contribution in [0.2, 0.25) is 0 Å². The van der Waals surface area contributed by atoms with E-state index in [1.165, 1.54) is 20.1 Å². The maximum absolute atomic E-state index is 13.4. The fourth-order valence-electron chi connectivity index (χ4n) is 3.36. The highest BCUT2D eigenvalue weighted by molar-refractivity contribution is 6.03. The Hall–Kier alpha value is -3.62. The number of esters is 1. The zero-order valence-electron chi connectivity index (χ0n) is 23.4. The van der Waals surface area contributed by atoms with Crippen molar-refractivity contribution in [2.75, 3.05) is 13.7 Å². The summed E-state index contributed by atoms with van der Waals surface area (Å²) < 4.78 is 10.3. The van der Waals surface area contributed by atoms with Crippen molar-refractivity contribution in [2.24, 2.45) is 11.3 Å². The lowest BCUT2D eigenvalue weighted by molar-refractivity contribution is -0.138. The standard InChI is InChI=1S/C28H41N3O6/c1-10-37-27(35)18(4)14-22(17(2)3)30-26(34)24(28(6,7)8)31-25(33)23(29-19(5)32)16-20-12-11-13-21(15-20)36-9/h11-17,22,24H,10H2,1-9H3,(H,29,32)(H,30,34)(H,31,33)/b18-14+,23-16-/t22-,24-/m1/s1. The smallest absolute Gasteiger partial charge is 0.333 e. The maximum Gasteiger partial charge on any atom is 0.333 e. The highest BCUT2D eigenvalue weighted by Gasteiger charge is 2.35. The fraction of sp³-hybridized carbons (Fsp3) is 0.500. The maximum atomic E-state index is 13.4. The lowest BCUT2D eigenvalue weighted by Crippen LogP contribution is -2.56. The van der Waals surface area contributed by atoms with Crippen LogP contribution in [0.25, 0.3) is 6.08 Å². The van der Waals surface area contributed by atoms with Gasteiger partial charge in [0.05, 0.1) is 19.8 Å². The van der Waals surface area contributed by atoms with Crippen LogP contribution in [0.3, 0.4) is 0 Å². The summed E-state index contributed by atoms with van der Waals surface area (Å²) in [6.45, 7) is 14.2. The number of benzene rings is 1. The molecule has 0 heterocycles. The molecule has 1 rings (SSSR count). The van der Waals surface area contributed by atoms with Crippen LogP contribution in [0.15, 0.2) is 41.6 Å². The predicted octanol–water partition coefficient (Wildman–Crippen LogP) is 3.35. The van der Waals surface area contributed by atoms with E-state index in [0.717, 1.165) is 0 Å². The van der Waals surface area contributed by atoms with Gasteiger partial charge in [0.15, 0.2) is 0 Å². The molecule has 1 aromatic carbocycles. The van der Waals surface area contributed by atoms with Gasteiger partial charge in [0.25, 0.3) is 5.91 Å². The Morgan fingerprint density at radius 1 is 1.05 bits per heavy atom. The van der Waals surface area contributed by atoms with Gasteiger partial charge in [-0.05, 0) is 49.0 Å². The van der Waals surface area contributed by atoms with E-state index in [1.54, 1.807) is 44.2 Å². The summed E-state index contributed by atoms with van der Waals surface area (Å²) in [7, 11) is 1.53. The monoisotopic (exact) mass is 515 g/mol. The Labute approximate surface area is 220 Å². The van der Waals surface area contributed by atoms with E-state index in [9.17, 15) is 19.2 Å². The van der Waals surface area contributed by atoms with E-state index in [4.69, 9.17) is 9.47 Å². The predicted molar refractivity (Wildman–Crippen MR) is 143 cm³/mol. The lowest BCUT2D eigenvalue weighted by Gasteiger charge is -2.32. The van der Waals surface area contributed by atoms with Gasteiger partial charge in [-0.1, -0.05) is 52.8 Å². The van der Waals surface area contributed by atoms with Crippen molar-refractivity contribution >= 4 is 29.8 Å². The topological polar surface area (TPSA) is 123 Å². The Morgan fingerprint density at radius 2 is 1.70 bits per heavy atom. The molecule has 3 N–H and O–H groups in total. The second kappa shape index (κ2) is 14.2. The molecule has 2 atom stereocenters. The van der Waals surface area contributed by atoms with Crippen molar-refractivity contribution in [2.45, 2.75) is 67.5 Å². The van der Waals surface area contributed by atoms with Gasteiger partial charge in [-0.2, -0.15) is 0 Å². The summed E-state index contributed by atoms with van der Waals surface area (Å²) in [5.41, 5.74) is 0.334. The third-order valence-corrected chi connectivity index (χ3v) is 5.42. The normalized spacial score (nSPS) is 13.9. The van der Waals surface area contributed by atoms with Crippen LogP contribution >= 0.6 is 0 Å². The molecule has 0 fully saturated rings. The number of hydrogen-bond acceptors (Lipinski definition) is 6. The Balaban J connectivity index is 3.26. The first kappa shape index (κ1) is 31.4. The molecular weight excluding hydrogens is 474 g/mol. The van der Waals surface area contributed by atoms with Gasteiger partial charge in [0, 0.05) is 12.5 Å². The van der Waals surface area contributed by atoms with E-state index in [0.29, 0.717) is 16.9 Å². The van der Waals surface area contributed by atoms with Crippen LogP contribution < -0.4 is 20.7 Å². The zero-order chi connectivity index (χ0) is 28.3. The largest absolute Gasteiger partial charge is 0.497 e. The molecule has 204 valence electrons. The summed E-state index contributed by atoms with van der Waals surface area (Å²) in [4.78, 5) is 50.6. The zero-order valence-corrected chi connectivity index (χ0v) is 23.4. The molecule has 0 bridgehead atoms. The number of nitrogens with one attached hydrogen (secondary N) is 3. The molecule has 0 saturated heterocycles. The minimum atomic E-state index is -0.944. The van der Waals surface area contributed by atoms with E-state index in [1.807, 2.05) is 34.6 Å². The molecule has 0 aliphatic carbocycles. The van der Waals surface area contributed by atoms with Gasteiger partial charge in [0.1, 0.15) is 17.5 Å². The highest BCUT2D eigenvalue weighted by Crippen LogP contribution is 2.21. The van der Waals surface area contributed by atoms with Crippen LogP contribution in [0.1, 0.15) is 61.0 Å². The van der Waals surface area contributed by atoms with Gasteiger partial charge in [-0.15, -0.1) is 0 Å². The number of carbonyl (C=O) groups is 4. The van der Waals surface area contributed by atoms with Gasteiger partial charge in [-0.25, -0.2) is 4.79 Å². The summed E-state index contributed by atoms with van der Waals surface area (Å²) >= 11 is 0. The molecular formula is C28H41N3O6. The Morgan fingerprint density at radius 3 is 2.22 bits per heavy atom. The first-order chi connectivity index (χ1) is 17.2. The van der Waals surface area contributed by atoms with E-state index < -0.39 is 41.2 Å². The summed E-state index contributed by atoms with van der Waals surface area (Å²) in [5.74, 6) is -1.36. The number of carbonyl (C=O) groups excluding carboxylic acids is 4. The lowest BCUT2D eigenvalue weighted by atomic mass is 9.85. The molecule has 0 aliphatic heterocycles. The quantitative estimate of drug-likeness (QED) is 0.307. The average molecular weight is 516 g/mol. The van der Waals surface area contributed by atoms with Crippen molar-refractivity contribution in [3.8, 4) is 5.75 Å². The van der Waals surface area contributed by atoms with Crippen molar-refractivity contribution in [3.63, 3.8) is 0 Å². The molecule has 9 heteroatoms. The summed E-state index contributed by atoms with van der Waals surface area (Å²) in [5, 5.41) is 8.26. The van der Waals surface area contributed by atoms with Gasteiger partial charge < -0.3 is 25.4 Å². The van der Waals surface area contributed by atoms with Crippen LogP contribution in [0, 0.1) is 11.3 Å². The molecule has 37 heavy (non-hydrogen) atoms. The van der Waals surface area contributed by atoms with Gasteiger partial charge in [-0.3, -0.25) is 14.4 Å². The van der Waals surface area contributed by atoms with Crippen molar-refractivity contribution in [1.29, 1.82) is 0 Å². The first-order valence-electron chi connectivity index (χ1n) is 12.3. The second-order valence-electron chi connectivity index (χ2n) is 10.1. The Bertz CT molecular complexity index is 1040. The first-order valence-corrected chi connectivity index (χ1v) is 12.3. The third kappa shape index (κ3) is 10.5. The molecule has 0 aliphatic rings. The molecule has 0 spiro atoms. The van der Waals surface area contributed by atoms with Crippen molar-refractivity contribution < 1.29 is 28.7 Å². The third-order valence-electron chi connectivity index (χ3n) is 5.42. The number of hydrogen-bond donors (Lipinski definition) is 3. The second-order valence-corrected chi connectivity index (χ2v) is 10.1. The average Bonchev–Trinajstić information content (AvgIpc) is 2.80. The summed E-state index contributed by atoms with van der Waals surface area (Å²) in [6.07, 6.45) is 3.17.